The van der Waals surface area contributed by atoms with Crippen LogP contribution in [0.25, 0.3) is 0 Å². The van der Waals surface area contributed by atoms with E-state index in [-0.39, 0.29) is 5.56 Å². The van der Waals surface area contributed by atoms with Crippen LogP contribution in [0, 0.1) is 0 Å². The highest BCUT2D eigenvalue weighted by Crippen LogP contribution is 2.34. The Morgan fingerprint density at radius 3 is 2.13 bits per heavy atom. The van der Waals surface area contributed by atoms with Crippen molar-refractivity contribution in [2.24, 2.45) is 0 Å². The molecule has 2 rings (SSSR count). The Hall–Kier alpha value is -3.22. The van der Waals surface area contributed by atoms with Crippen molar-refractivity contribution >= 4 is 23.4 Å². The lowest BCUT2D eigenvalue weighted by atomic mass is 10.2. The number of carboxylic acid groups (broad SMARTS) is 1. The Labute approximate surface area is 132 Å². The van der Waals surface area contributed by atoms with E-state index in [9.17, 15) is 9.59 Å². The summed E-state index contributed by atoms with van der Waals surface area (Å²) in [4.78, 5) is 23.1. The van der Waals surface area contributed by atoms with Gasteiger partial charge in [-0.3, -0.25) is 0 Å². The van der Waals surface area contributed by atoms with Crippen molar-refractivity contribution in [1.29, 1.82) is 0 Å². The van der Waals surface area contributed by atoms with Gasteiger partial charge < -0.3 is 25.2 Å². The van der Waals surface area contributed by atoms with Crippen LogP contribution in [0.1, 0.15) is 10.4 Å². The molecule has 0 atom stereocenters. The standard InChI is InChI=1S/C16H16N2O5/c1-22-12-7-4-8-13(23-2)14(12)18-16(21)17-11-6-3-5-10(9-11)15(19)20/h3-9H,1-2H3,(H,19,20)(H2,17,18,21). The SMILES string of the molecule is COc1cccc(OC)c1NC(=O)Nc1cccc(C(=O)O)c1. The predicted octanol–water partition coefficient (Wildman–Crippen LogP) is 3.05. The quantitative estimate of drug-likeness (QED) is 0.787. The highest BCUT2D eigenvalue weighted by molar-refractivity contribution is 6.02. The second kappa shape index (κ2) is 7.17. The number of ether oxygens (including phenoxy) is 2. The largest absolute Gasteiger partial charge is 0.494 e. The summed E-state index contributed by atoms with van der Waals surface area (Å²) < 4.78 is 10.4. The molecule has 2 aromatic rings. The number of rotatable bonds is 5. The normalized spacial score (nSPS) is 9.83. The summed E-state index contributed by atoms with van der Waals surface area (Å²) in [5.41, 5.74) is 0.818. The van der Waals surface area contributed by atoms with E-state index < -0.39 is 12.0 Å². The first-order valence-corrected chi connectivity index (χ1v) is 6.67. The van der Waals surface area contributed by atoms with Gasteiger partial charge in [0.25, 0.3) is 0 Å². The summed E-state index contributed by atoms with van der Waals surface area (Å²) in [5.74, 6) is -0.182. The lowest BCUT2D eigenvalue weighted by Gasteiger charge is -2.14. The molecule has 7 heteroatoms. The Morgan fingerprint density at radius 1 is 0.957 bits per heavy atom. The number of carboxylic acids is 1. The van der Waals surface area contributed by atoms with Gasteiger partial charge in [0.15, 0.2) is 0 Å². The first-order valence-electron chi connectivity index (χ1n) is 6.67. The van der Waals surface area contributed by atoms with E-state index in [0.717, 1.165) is 0 Å². The number of aromatic carboxylic acids is 1. The number of anilines is 2. The molecule has 0 aromatic heterocycles. The molecule has 0 radical (unpaired) electrons. The molecule has 0 aliphatic carbocycles. The zero-order valence-electron chi connectivity index (χ0n) is 12.6. The number of para-hydroxylation sites is 1. The fourth-order valence-corrected chi connectivity index (χ4v) is 1.98. The van der Waals surface area contributed by atoms with Crippen molar-refractivity contribution in [1.82, 2.24) is 0 Å². The summed E-state index contributed by atoms with van der Waals surface area (Å²) in [7, 11) is 2.96. The molecule has 0 aliphatic rings. The van der Waals surface area contributed by atoms with Crippen LogP contribution in [0.15, 0.2) is 42.5 Å². The van der Waals surface area contributed by atoms with Crippen molar-refractivity contribution in [3.63, 3.8) is 0 Å². The van der Waals surface area contributed by atoms with Gasteiger partial charge in [0.05, 0.1) is 19.8 Å². The molecule has 0 saturated heterocycles. The van der Waals surface area contributed by atoms with Gasteiger partial charge in [0.1, 0.15) is 17.2 Å². The van der Waals surface area contributed by atoms with Crippen LogP contribution in [0.2, 0.25) is 0 Å². The number of nitrogens with one attached hydrogen (secondary N) is 2. The maximum absolute atomic E-state index is 12.1. The van der Waals surface area contributed by atoms with Gasteiger partial charge in [-0.25, -0.2) is 9.59 Å². The van der Waals surface area contributed by atoms with Crippen molar-refractivity contribution in [2.45, 2.75) is 0 Å². The van der Waals surface area contributed by atoms with Gasteiger partial charge in [-0.15, -0.1) is 0 Å². The van der Waals surface area contributed by atoms with E-state index in [2.05, 4.69) is 10.6 Å². The third-order valence-electron chi connectivity index (χ3n) is 3.03. The second-order valence-corrected chi connectivity index (χ2v) is 4.50. The first kappa shape index (κ1) is 16.2. The monoisotopic (exact) mass is 316 g/mol. The molecular formula is C16H16N2O5. The van der Waals surface area contributed by atoms with E-state index in [4.69, 9.17) is 14.6 Å². The maximum Gasteiger partial charge on any atom is 0.335 e. The van der Waals surface area contributed by atoms with Gasteiger partial charge in [-0.1, -0.05) is 12.1 Å². The fourth-order valence-electron chi connectivity index (χ4n) is 1.98. The summed E-state index contributed by atoms with van der Waals surface area (Å²) in [5, 5.41) is 14.1. The smallest absolute Gasteiger partial charge is 0.335 e. The molecule has 23 heavy (non-hydrogen) atoms. The highest BCUT2D eigenvalue weighted by atomic mass is 16.5. The number of urea groups is 1. The topological polar surface area (TPSA) is 96.9 Å². The summed E-state index contributed by atoms with van der Waals surface area (Å²) >= 11 is 0. The lowest BCUT2D eigenvalue weighted by molar-refractivity contribution is 0.0697. The third kappa shape index (κ3) is 3.91. The number of hydrogen-bond donors (Lipinski definition) is 3. The second-order valence-electron chi connectivity index (χ2n) is 4.50. The lowest BCUT2D eigenvalue weighted by Crippen LogP contribution is -2.20. The van der Waals surface area contributed by atoms with Crippen LogP contribution in [-0.2, 0) is 0 Å². The number of methoxy groups -OCH3 is 2. The molecule has 0 spiro atoms. The van der Waals surface area contributed by atoms with Crippen LogP contribution >= 0.6 is 0 Å². The predicted molar refractivity (Wildman–Crippen MR) is 85.6 cm³/mol. The zero-order chi connectivity index (χ0) is 16.8. The molecule has 3 N–H and O–H groups in total. The van der Waals surface area contributed by atoms with Gasteiger partial charge in [0.2, 0.25) is 0 Å². The number of benzene rings is 2. The summed E-state index contributed by atoms with van der Waals surface area (Å²) in [6, 6.07) is 10.5. The number of carbonyl (C=O) groups is 2. The Bertz CT molecular complexity index is 708. The van der Waals surface area contributed by atoms with Crippen LogP contribution in [0.3, 0.4) is 0 Å². The van der Waals surface area contributed by atoms with Crippen LogP contribution < -0.4 is 20.1 Å². The van der Waals surface area contributed by atoms with Crippen LogP contribution in [-0.4, -0.2) is 31.3 Å². The Balaban J connectivity index is 2.17. The van der Waals surface area contributed by atoms with Crippen molar-refractivity contribution in [3.05, 3.63) is 48.0 Å². The van der Waals surface area contributed by atoms with Gasteiger partial charge in [-0.2, -0.15) is 0 Å². The van der Waals surface area contributed by atoms with Gasteiger partial charge >= 0.3 is 12.0 Å². The minimum Gasteiger partial charge on any atom is -0.494 e. The summed E-state index contributed by atoms with van der Waals surface area (Å²) in [6.07, 6.45) is 0. The highest BCUT2D eigenvalue weighted by Gasteiger charge is 2.13. The molecule has 0 bridgehead atoms. The Morgan fingerprint density at radius 2 is 1.57 bits per heavy atom. The molecular weight excluding hydrogens is 300 g/mol. The van der Waals surface area contributed by atoms with E-state index in [1.54, 1.807) is 30.3 Å². The molecule has 0 fully saturated rings. The first-order chi connectivity index (χ1) is 11.0. The van der Waals surface area contributed by atoms with Crippen molar-refractivity contribution in [2.75, 3.05) is 24.9 Å². The van der Waals surface area contributed by atoms with Crippen LogP contribution in [0.4, 0.5) is 16.2 Å². The third-order valence-corrected chi connectivity index (χ3v) is 3.03. The minimum absolute atomic E-state index is 0.0812. The molecule has 2 amide bonds. The summed E-state index contributed by atoms with van der Waals surface area (Å²) in [6.45, 7) is 0. The molecule has 0 unspecified atom stereocenters. The minimum atomic E-state index is -1.07. The van der Waals surface area contributed by atoms with Crippen molar-refractivity contribution in [3.8, 4) is 11.5 Å². The van der Waals surface area contributed by atoms with E-state index >= 15 is 0 Å². The van der Waals surface area contributed by atoms with Gasteiger partial charge in [0, 0.05) is 5.69 Å². The van der Waals surface area contributed by atoms with Crippen molar-refractivity contribution < 1.29 is 24.2 Å². The fraction of sp³-hybridized carbons (Fsp3) is 0.125. The van der Waals surface area contributed by atoms with E-state index in [1.807, 2.05) is 0 Å². The van der Waals surface area contributed by atoms with E-state index in [1.165, 1.54) is 26.4 Å². The maximum atomic E-state index is 12.1. The zero-order valence-corrected chi connectivity index (χ0v) is 12.6. The number of amides is 2. The van der Waals surface area contributed by atoms with Crippen LogP contribution in [0.5, 0.6) is 11.5 Å². The molecule has 7 nitrogen and oxygen atoms in total. The number of hydrogen-bond acceptors (Lipinski definition) is 4. The molecule has 0 saturated carbocycles. The number of carbonyl (C=O) groups excluding carboxylic acids is 1. The van der Waals surface area contributed by atoms with E-state index in [0.29, 0.717) is 22.9 Å². The average Bonchev–Trinajstić information content (AvgIpc) is 2.55. The molecule has 2 aromatic carbocycles. The molecule has 0 aliphatic heterocycles. The molecule has 0 heterocycles. The Kier molecular flexibility index (Phi) is 5.03. The average molecular weight is 316 g/mol. The van der Waals surface area contributed by atoms with Gasteiger partial charge in [-0.05, 0) is 30.3 Å². The molecule has 120 valence electrons.